The highest BCUT2D eigenvalue weighted by atomic mass is 32.1. The number of pyridine rings is 1. The van der Waals surface area contributed by atoms with Crippen LogP contribution in [0.5, 0.6) is 5.88 Å². The maximum atomic E-state index is 13.7. The Labute approximate surface area is 178 Å². The topological polar surface area (TPSA) is 55.3 Å². The number of amides is 1. The van der Waals surface area contributed by atoms with Gasteiger partial charge in [-0.2, -0.15) is 0 Å². The molecule has 7 heteroatoms. The van der Waals surface area contributed by atoms with Crippen molar-refractivity contribution in [2.45, 2.75) is 31.7 Å². The first-order chi connectivity index (χ1) is 14.5. The molecule has 0 radical (unpaired) electrons. The largest absolute Gasteiger partial charge is 0.475 e. The van der Waals surface area contributed by atoms with Gasteiger partial charge >= 0.3 is 0 Å². The number of halogens is 1. The molecule has 0 atom stereocenters. The summed E-state index contributed by atoms with van der Waals surface area (Å²) in [6.07, 6.45) is 3.99. The van der Waals surface area contributed by atoms with E-state index in [0.717, 1.165) is 40.9 Å². The standard InChI is InChI=1S/C23H22FN3O2S/c1-15-26-20(21(30-15)17-5-3-2-4-6-17)22(28)27-10-9-16-11-23(27,12-16)14-29-19-8-7-18(24)13-25-19/h2-8,13,16H,9-12,14H2,1H3. The quantitative estimate of drug-likeness (QED) is 0.596. The van der Waals surface area contributed by atoms with Gasteiger partial charge in [-0.05, 0) is 43.7 Å². The van der Waals surface area contributed by atoms with Gasteiger partial charge in [0.05, 0.1) is 21.6 Å². The Kier molecular flexibility index (Phi) is 4.77. The number of carbonyl (C=O) groups is 1. The van der Waals surface area contributed by atoms with E-state index in [1.165, 1.54) is 12.1 Å². The summed E-state index contributed by atoms with van der Waals surface area (Å²) in [5, 5.41) is 0.876. The number of aryl methyl sites for hydroxylation is 1. The number of aromatic nitrogens is 2. The lowest BCUT2D eigenvalue weighted by molar-refractivity contribution is -0.0804. The molecule has 1 saturated carbocycles. The molecule has 0 unspecified atom stereocenters. The van der Waals surface area contributed by atoms with Crippen molar-refractivity contribution in [3.8, 4) is 16.3 Å². The Balaban J connectivity index is 1.41. The van der Waals surface area contributed by atoms with Crippen LogP contribution < -0.4 is 4.74 Å². The Morgan fingerprint density at radius 2 is 2.07 bits per heavy atom. The Morgan fingerprint density at radius 1 is 1.27 bits per heavy atom. The van der Waals surface area contributed by atoms with E-state index in [1.54, 1.807) is 11.3 Å². The van der Waals surface area contributed by atoms with E-state index < -0.39 is 5.82 Å². The number of piperidine rings is 2. The summed E-state index contributed by atoms with van der Waals surface area (Å²) < 4.78 is 19.0. The van der Waals surface area contributed by atoms with E-state index in [9.17, 15) is 9.18 Å². The van der Waals surface area contributed by atoms with Crippen LogP contribution in [0.1, 0.15) is 34.8 Å². The van der Waals surface area contributed by atoms with Gasteiger partial charge in [-0.1, -0.05) is 30.3 Å². The predicted octanol–water partition coefficient (Wildman–Crippen LogP) is 4.73. The van der Waals surface area contributed by atoms with Crippen molar-refractivity contribution < 1.29 is 13.9 Å². The molecule has 2 bridgehead atoms. The molecule has 30 heavy (non-hydrogen) atoms. The molecule has 1 aromatic carbocycles. The summed E-state index contributed by atoms with van der Waals surface area (Å²) in [6.45, 7) is 2.99. The summed E-state index contributed by atoms with van der Waals surface area (Å²) in [7, 11) is 0. The van der Waals surface area contributed by atoms with Crippen LogP contribution >= 0.6 is 11.3 Å². The number of ether oxygens (including phenoxy) is 1. The molecule has 5 nitrogen and oxygen atoms in total. The highest BCUT2D eigenvalue weighted by Gasteiger charge is 2.55. The summed E-state index contributed by atoms with van der Waals surface area (Å²) in [5.74, 6) is 0.573. The molecule has 1 amide bonds. The van der Waals surface area contributed by atoms with Crippen LogP contribution in [0.15, 0.2) is 48.7 Å². The van der Waals surface area contributed by atoms with Crippen molar-refractivity contribution in [3.63, 3.8) is 0 Å². The highest BCUT2D eigenvalue weighted by Crippen LogP contribution is 2.50. The average molecular weight is 424 g/mol. The van der Waals surface area contributed by atoms with Crippen molar-refractivity contribution in [1.29, 1.82) is 0 Å². The maximum Gasteiger partial charge on any atom is 0.274 e. The van der Waals surface area contributed by atoms with Gasteiger partial charge in [0.2, 0.25) is 5.88 Å². The Morgan fingerprint density at radius 3 is 2.80 bits per heavy atom. The second kappa shape index (κ2) is 7.47. The van der Waals surface area contributed by atoms with Crippen molar-refractivity contribution >= 4 is 17.2 Å². The second-order valence-corrected chi connectivity index (χ2v) is 9.33. The van der Waals surface area contributed by atoms with E-state index >= 15 is 0 Å². The fourth-order valence-electron chi connectivity index (χ4n) is 4.64. The third-order valence-electron chi connectivity index (χ3n) is 6.08. The first-order valence-corrected chi connectivity index (χ1v) is 10.9. The van der Waals surface area contributed by atoms with Gasteiger partial charge in [-0.3, -0.25) is 4.79 Å². The molecular formula is C23H22FN3O2S. The van der Waals surface area contributed by atoms with Gasteiger partial charge < -0.3 is 9.64 Å². The van der Waals surface area contributed by atoms with Crippen LogP contribution in [-0.2, 0) is 0 Å². The lowest BCUT2D eigenvalue weighted by Gasteiger charge is -2.58. The van der Waals surface area contributed by atoms with Gasteiger partial charge in [0, 0.05) is 12.6 Å². The highest BCUT2D eigenvalue weighted by molar-refractivity contribution is 7.15. The summed E-state index contributed by atoms with van der Waals surface area (Å²) in [4.78, 5) is 25.1. The zero-order valence-corrected chi connectivity index (χ0v) is 17.5. The summed E-state index contributed by atoms with van der Waals surface area (Å²) in [6, 6.07) is 12.8. The third-order valence-corrected chi connectivity index (χ3v) is 7.10. The normalized spacial score (nSPS) is 22.5. The van der Waals surface area contributed by atoms with Crippen LogP contribution in [-0.4, -0.2) is 39.5 Å². The van der Waals surface area contributed by atoms with Gasteiger partial charge in [0.25, 0.3) is 5.91 Å². The SMILES string of the molecule is Cc1nc(C(=O)N2CCC3CC2(COc2ccc(F)cn2)C3)c(-c2ccccc2)s1. The average Bonchev–Trinajstić information content (AvgIpc) is 3.14. The molecule has 0 spiro atoms. The molecular weight excluding hydrogens is 401 g/mol. The number of hydrogen-bond acceptors (Lipinski definition) is 5. The number of nitrogens with zero attached hydrogens (tertiary/aromatic N) is 3. The van der Waals surface area contributed by atoms with Crippen LogP contribution in [0.25, 0.3) is 10.4 Å². The number of rotatable bonds is 5. The second-order valence-electron chi connectivity index (χ2n) is 8.12. The molecule has 3 fully saturated rings. The third kappa shape index (κ3) is 3.37. The van der Waals surface area contributed by atoms with Crippen LogP contribution in [0.2, 0.25) is 0 Å². The monoisotopic (exact) mass is 423 g/mol. The molecule has 0 N–H and O–H groups in total. The number of thiazole rings is 1. The lowest BCUT2D eigenvalue weighted by atomic mass is 9.63. The maximum absolute atomic E-state index is 13.7. The van der Waals surface area contributed by atoms with Gasteiger partial charge in [0.15, 0.2) is 0 Å². The van der Waals surface area contributed by atoms with Crippen molar-refractivity contribution in [2.75, 3.05) is 13.2 Å². The Hall–Kier alpha value is -2.80. The molecule has 2 aromatic heterocycles. The zero-order valence-electron chi connectivity index (χ0n) is 16.7. The van der Waals surface area contributed by atoms with Crippen molar-refractivity contribution in [1.82, 2.24) is 14.9 Å². The zero-order chi connectivity index (χ0) is 20.7. The molecule has 2 aliphatic heterocycles. The fourth-order valence-corrected chi connectivity index (χ4v) is 5.56. The van der Waals surface area contributed by atoms with E-state index in [-0.39, 0.29) is 11.4 Å². The van der Waals surface area contributed by atoms with Crippen LogP contribution in [0, 0.1) is 18.7 Å². The number of fused-ring (bicyclic) bond motifs is 2. The van der Waals surface area contributed by atoms with E-state index in [2.05, 4.69) is 9.97 Å². The van der Waals surface area contributed by atoms with E-state index in [4.69, 9.17) is 4.74 Å². The van der Waals surface area contributed by atoms with Gasteiger partial charge in [-0.15, -0.1) is 11.3 Å². The Bertz CT molecular complexity index is 1060. The smallest absolute Gasteiger partial charge is 0.274 e. The minimum Gasteiger partial charge on any atom is -0.475 e. The first kappa shape index (κ1) is 19.2. The van der Waals surface area contributed by atoms with Gasteiger partial charge in [-0.25, -0.2) is 14.4 Å². The lowest BCUT2D eigenvalue weighted by Crippen LogP contribution is -2.67. The molecule has 3 aromatic rings. The van der Waals surface area contributed by atoms with Crippen LogP contribution in [0.4, 0.5) is 4.39 Å². The minimum atomic E-state index is -0.397. The molecule has 3 aliphatic rings. The first-order valence-electron chi connectivity index (χ1n) is 10.1. The van der Waals surface area contributed by atoms with Crippen molar-refractivity contribution in [2.24, 2.45) is 5.92 Å². The molecule has 154 valence electrons. The summed E-state index contributed by atoms with van der Waals surface area (Å²) >= 11 is 1.55. The molecule has 2 saturated heterocycles. The minimum absolute atomic E-state index is 0.0352. The predicted molar refractivity (Wildman–Crippen MR) is 113 cm³/mol. The summed E-state index contributed by atoms with van der Waals surface area (Å²) in [5.41, 5.74) is 1.19. The molecule has 4 heterocycles. The molecule has 1 aliphatic carbocycles. The van der Waals surface area contributed by atoms with E-state index in [1.807, 2.05) is 42.2 Å². The number of hydrogen-bond donors (Lipinski definition) is 0. The van der Waals surface area contributed by atoms with Gasteiger partial charge in [0.1, 0.15) is 18.1 Å². The van der Waals surface area contributed by atoms with E-state index in [0.29, 0.717) is 30.6 Å². The number of carbonyl (C=O) groups excluding carboxylic acids is 1. The van der Waals surface area contributed by atoms with Crippen molar-refractivity contribution in [3.05, 3.63) is 65.2 Å². The fraction of sp³-hybridized carbons (Fsp3) is 0.348. The molecule has 6 rings (SSSR count). The number of benzene rings is 1. The van der Waals surface area contributed by atoms with Crippen LogP contribution in [0.3, 0.4) is 0 Å².